The molecule has 0 aliphatic carbocycles. The normalized spacial score (nSPS) is 23.1. The van der Waals surface area contributed by atoms with Crippen LogP contribution in [0.4, 0.5) is 13.2 Å². The average Bonchev–Trinajstić information content (AvgIpc) is 2.48. The zero-order chi connectivity index (χ0) is 16.9. The second-order valence-electron chi connectivity index (χ2n) is 6.98. The lowest BCUT2D eigenvalue weighted by molar-refractivity contribution is -0.149. The Balaban J connectivity index is 1.60. The molecule has 2 rings (SSSR count). The van der Waals surface area contributed by atoms with Crippen molar-refractivity contribution in [3.05, 3.63) is 0 Å². The average molecular weight is 335 g/mol. The molecule has 0 spiro atoms. The van der Waals surface area contributed by atoms with Gasteiger partial charge in [-0.2, -0.15) is 13.2 Å². The standard InChI is InChI=1S/C16H28F3N3O/c1-13-2-7-21(8-3-13)11-6-20-15(23)14-4-9-22(10-5-14)12-16(17,18)19/h13-14H,2-12H2,1H3,(H,20,23). The molecule has 0 aromatic heterocycles. The number of halogens is 3. The number of amides is 1. The van der Waals surface area contributed by atoms with Crippen molar-refractivity contribution in [3.63, 3.8) is 0 Å². The number of likely N-dealkylation sites (tertiary alicyclic amines) is 2. The van der Waals surface area contributed by atoms with Crippen LogP contribution in [0.1, 0.15) is 32.6 Å². The SMILES string of the molecule is CC1CCN(CCNC(=O)C2CCN(CC(F)(F)F)CC2)CC1. The number of nitrogens with one attached hydrogen (secondary N) is 1. The van der Waals surface area contributed by atoms with Crippen LogP contribution >= 0.6 is 0 Å². The lowest BCUT2D eigenvalue weighted by atomic mass is 9.96. The fourth-order valence-corrected chi connectivity index (χ4v) is 3.37. The summed E-state index contributed by atoms with van der Waals surface area (Å²) in [5, 5.41) is 2.95. The number of piperidine rings is 2. The lowest BCUT2D eigenvalue weighted by Crippen LogP contribution is -2.45. The van der Waals surface area contributed by atoms with E-state index < -0.39 is 12.7 Å². The number of carbonyl (C=O) groups is 1. The number of carbonyl (C=O) groups excluding carboxylic acids is 1. The van der Waals surface area contributed by atoms with Crippen LogP contribution in [0, 0.1) is 11.8 Å². The van der Waals surface area contributed by atoms with Crippen LogP contribution in [0.25, 0.3) is 0 Å². The summed E-state index contributed by atoms with van der Waals surface area (Å²) >= 11 is 0. The van der Waals surface area contributed by atoms with E-state index in [2.05, 4.69) is 17.1 Å². The van der Waals surface area contributed by atoms with Gasteiger partial charge in [0.05, 0.1) is 6.54 Å². The first-order valence-electron chi connectivity index (χ1n) is 8.62. The van der Waals surface area contributed by atoms with Crippen LogP contribution in [0.5, 0.6) is 0 Å². The first kappa shape index (κ1) is 18.5. The molecular formula is C16H28F3N3O. The summed E-state index contributed by atoms with van der Waals surface area (Å²) in [6.07, 6.45) is -0.690. The number of nitrogens with zero attached hydrogens (tertiary/aromatic N) is 2. The van der Waals surface area contributed by atoms with Gasteiger partial charge in [0.1, 0.15) is 0 Å². The van der Waals surface area contributed by atoms with Gasteiger partial charge in [0.2, 0.25) is 5.91 Å². The molecule has 2 aliphatic heterocycles. The smallest absolute Gasteiger partial charge is 0.355 e. The molecule has 0 atom stereocenters. The summed E-state index contributed by atoms with van der Waals surface area (Å²) in [6.45, 7) is 5.78. The molecule has 0 saturated carbocycles. The maximum Gasteiger partial charge on any atom is 0.401 e. The van der Waals surface area contributed by atoms with Crippen molar-refractivity contribution in [1.29, 1.82) is 0 Å². The zero-order valence-corrected chi connectivity index (χ0v) is 13.9. The quantitative estimate of drug-likeness (QED) is 0.836. The molecule has 4 nitrogen and oxygen atoms in total. The molecule has 0 bridgehead atoms. The molecule has 7 heteroatoms. The minimum atomic E-state index is -4.15. The highest BCUT2D eigenvalue weighted by molar-refractivity contribution is 5.78. The summed E-state index contributed by atoms with van der Waals surface area (Å²) in [6, 6.07) is 0. The van der Waals surface area contributed by atoms with Gasteiger partial charge in [-0.15, -0.1) is 0 Å². The third kappa shape index (κ3) is 6.67. The van der Waals surface area contributed by atoms with Crippen LogP contribution in [-0.2, 0) is 4.79 Å². The van der Waals surface area contributed by atoms with Gasteiger partial charge in [-0.1, -0.05) is 6.92 Å². The molecule has 2 aliphatic rings. The molecule has 0 unspecified atom stereocenters. The Morgan fingerprint density at radius 2 is 1.61 bits per heavy atom. The Morgan fingerprint density at radius 1 is 1.04 bits per heavy atom. The van der Waals surface area contributed by atoms with Crippen molar-refractivity contribution in [2.24, 2.45) is 11.8 Å². The first-order chi connectivity index (χ1) is 10.8. The van der Waals surface area contributed by atoms with Gasteiger partial charge in [0, 0.05) is 19.0 Å². The third-order valence-corrected chi connectivity index (χ3v) is 4.96. The minimum absolute atomic E-state index is 0.00189. The molecule has 2 saturated heterocycles. The van der Waals surface area contributed by atoms with E-state index in [9.17, 15) is 18.0 Å². The molecule has 1 amide bonds. The van der Waals surface area contributed by atoms with Crippen molar-refractivity contribution >= 4 is 5.91 Å². The predicted molar refractivity (Wildman–Crippen MR) is 83.1 cm³/mol. The third-order valence-electron chi connectivity index (χ3n) is 4.96. The molecule has 23 heavy (non-hydrogen) atoms. The van der Waals surface area contributed by atoms with E-state index in [0.717, 1.165) is 25.6 Å². The number of hydrogen-bond donors (Lipinski definition) is 1. The summed E-state index contributed by atoms with van der Waals surface area (Å²) < 4.78 is 37.0. The first-order valence-corrected chi connectivity index (χ1v) is 8.62. The molecular weight excluding hydrogens is 307 g/mol. The van der Waals surface area contributed by atoms with Crippen molar-refractivity contribution in [2.75, 3.05) is 45.8 Å². The Hall–Kier alpha value is -0.820. The van der Waals surface area contributed by atoms with Gasteiger partial charge in [-0.3, -0.25) is 9.69 Å². The highest BCUT2D eigenvalue weighted by atomic mass is 19.4. The van der Waals surface area contributed by atoms with Crippen molar-refractivity contribution in [1.82, 2.24) is 15.1 Å². The molecule has 0 radical (unpaired) electrons. The monoisotopic (exact) mass is 335 g/mol. The number of rotatable bonds is 5. The van der Waals surface area contributed by atoms with Gasteiger partial charge in [-0.05, 0) is 57.8 Å². The van der Waals surface area contributed by atoms with Crippen molar-refractivity contribution < 1.29 is 18.0 Å². The Kier molecular flexibility index (Phi) is 6.71. The molecule has 2 heterocycles. The second-order valence-corrected chi connectivity index (χ2v) is 6.98. The summed E-state index contributed by atoms with van der Waals surface area (Å²) in [7, 11) is 0. The summed E-state index contributed by atoms with van der Waals surface area (Å²) in [5.74, 6) is 0.658. The van der Waals surface area contributed by atoms with Crippen LogP contribution in [-0.4, -0.2) is 67.7 Å². The van der Waals surface area contributed by atoms with Gasteiger partial charge >= 0.3 is 6.18 Å². The molecule has 0 aromatic rings. The summed E-state index contributed by atoms with van der Waals surface area (Å²) in [4.78, 5) is 15.9. The van der Waals surface area contributed by atoms with E-state index in [0.29, 0.717) is 32.5 Å². The van der Waals surface area contributed by atoms with Crippen LogP contribution in [0.2, 0.25) is 0 Å². The molecule has 134 valence electrons. The Bertz CT molecular complexity index is 373. The van der Waals surface area contributed by atoms with Crippen LogP contribution in [0.15, 0.2) is 0 Å². The maximum absolute atomic E-state index is 12.3. The molecule has 1 N–H and O–H groups in total. The van der Waals surface area contributed by atoms with Gasteiger partial charge in [0.15, 0.2) is 0 Å². The fraction of sp³-hybridized carbons (Fsp3) is 0.938. The predicted octanol–water partition coefficient (Wildman–Crippen LogP) is 2.11. The fourth-order valence-electron chi connectivity index (χ4n) is 3.37. The Morgan fingerprint density at radius 3 is 2.17 bits per heavy atom. The second kappa shape index (κ2) is 8.33. The van der Waals surface area contributed by atoms with Gasteiger partial charge in [0.25, 0.3) is 0 Å². The minimum Gasteiger partial charge on any atom is -0.355 e. The highest BCUT2D eigenvalue weighted by Crippen LogP contribution is 2.22. The highest BCUT2D eigenvalue weighted by Gasteiger charge is 2.33. The topological polar surface area (TPSA) is 35.6 Å². The van der Waals surface area contributed by atoms with Crippen molar-refractivity contribution in [2.45, 2.75) is 38.8 Å². The van der Waals surface area contributed by atoms with E-state index in [1.807, 2.05) is 0 Å². The van der Waals surface area contributed by atoms with E-state index in [1.54, 1.807) is 0 Å². The largest absolute Gasteiger partial charge is 0.401 e. The maximum atomic E-state index is 12.3. The van der Waals surface area contributed by atoms with Gasteiger partial charge in [-0.25, -0.2) is 0 Å². The van der Waals surface area contributed by atoms with Gasteiger partial charge < -0.3 is 10.2 Å². The Labute approximate surface area is 136 Å². The number of alkyl halides is 3. The van der Waals surface area contributed by atoms with Crippen LogP contribution < -0.4 is 5.32 Å². The molecule has 2 fully saturated rings. The number of hydrogen-bond acceptors (Lipinski definition) is 3. The molecule has 0 aromatic carbocycles. The lowest BCUT2D eigenvalue weighted by Gasteiger charge is -2.32. The summed E-state index contributed by atoms with van der Waals surface area (Å²) in [5.41, 5.74) is 0. The zero-order valence-electron chi connectivity index (χ0n) is 13.9. The van der Waals surface area contributed by atoms with Crippen molar-refractivity contribution in [3.8, 4) is 0 Å². The van der Waals surface area contributed by atoms with E-state index >= 15 is 0 Å². The van der Waals surface area contributed by atoms with E-state index in [4.69, 9.17) is 0 Å². The van der Waals surface area contributed by atoms with E-state index in [1.165, 1.54) is 17.7 Å². The van der Waals surface area contributed by atoms with Crippen LogP contribution in [0.3, 0.4) is 0 Å². The van der Waals surface area contributed by atoms with E-state index in [-0.39, 0.29) is 11.8 Å².